The quantitative estimate of drug-likeness (QED) is 0.861. The van der Waals surface area contributed by atoms with Crippen molar-refractivity contribution in [3.63, 3.8) is 0 Å². The van der Waals surface area contributed by atoms with Gasteiger partial charge in [0.25, 0.3) is 0 Å². The van der Waals surface area contributed by atoms with Crippen LogP contribution in [0.3, 0.4) is 0 Å². The summed E-state index contributed by atoms with van der Waals surface area (Å²) in [6, 6.07) is 17.0. The van der Waals surface area contributed by atoms with Gasteiger partial charge >= 0.3 is 0 Å². The Morgan fingerprint density at radius 2 is 1.86 bits per heavy atom. The van der Waals surface area contributed by atoms with Gasteiger partial charge in [-0.05, 0) is 48.2 Å². The van der Waals surface area contributed by atoms with E-state index in [0.29, 0.717) is 18.0 Å². The third-order valence-electron chi connectivity index (χ3n) is 5.24. The lowest BCUT2D eigenvalue weighted by molar-refractivity contribution is -0.126. The SMILES string of the molecule is CC(C)c1cccc(N2C[C@@H](C(=O)N[C@H](C)c3ccc(C#N)cc3)CC2=O)c1. The summed E-state index contributed by atoms with van der Waals surface area (Å²) in [5.41, 5.74) is 3.54. The molecule has 1 aliphatic heterocycles. The Hall–Kier alpha value is -3.13. The molecule has 1 N–H and O–H groups in total. The average Bonchev–Trinajstić information content (AvgIpc) is 3.10. The minimum absolute atomic E-state index is 0.0212. The molecule has 144 valence electrons. The summed E-state index contributed by atoms with van der Waals surface area (Å²) in [4.78, 5) is 26.9. The first-order valence-corrected chi connectivity index (χ1v) is 9.59. The monoisotopic (exact) mass is 375 g/mol. The van der Waals surface area contributed by atoms with Crippen LogP contribution in [0.5, 0.6) is 0 Å². The van der Waals surface area contributed by atoms with Gasteiger partial charge in [-0.2, -0.15) is 5.26 Å². The Morgan fingerprint density at radius 3 is 2.50 bits per heavy atom. The number of anilines is 1. The maximum atomic E-state index is 12.7. The first kappa shape index (κ1) is 19.6. The number of rotatable bonds is 5. The lowest BCUT2D eigenvalue weighted by Crippen LogP contribution is -2.34. The first-order chi connectivity index (χ1) is 13.4. The lowest BCUT2D eigenvalue weighted by atomic mass is 10.0. The van der Waals surface area contributed by atoms with Gasteiger partial charge in [-0.1, -0.05) is 38.1 Å². The maximum Gasteiger partial charge on any atom is 0.227 e. The van der Waals surface area contributed by atoms with Gasteiger partial charge in [0.15, 0.2) is 0 Å². The minimum atomic E-state index is -0.365. The normalized spacial score (nSPS) is 17.5. The van der Waals surface area contributed by atoms with Gasteiger partial charge < -0.3 is 10.2 Å². The molecule has 5 heteroatoms. The van der Waals surface area contributed by atoms with E-state index in [1.807, 2.05) is 37.3 Å². The van der Waals surface area contributed by atoms with Crippen molar-refractivity contribution in [1.82, 2.24) is 5.32 Å². The van der Waals surface area contributed by atoms with Gasteiger partial charge in [0, 0.05) is 18.7 Å². The van der Waals surface area contributed by atoms with Crippen LogP contribution in [0.15, 0.2) is 48.5 Å². The smallest absolute Gasteiger partial charge is 0.227 e. The molecule has 2 amide bonds. The largest absolute Gasteiger partial charge is 0.349 e. The van der Waals surface area contributed by atoms with E-state index in [0.717, 1.165) is 11.3 Å². The van der Waals surface area contributed by atoms with Crippen LogP contribution in [0.4, 0.5) is 5.69 Å². The fourth-order valence-corrected chi connectivity index (χ4v) is 3.45. The molecule has 0 aliphatic carbocycles. The molecule has 1 fully saturated rings. The van der Waals surface area contributed by atoms with Crippen molar-refractivity contribution >= 4 is 17.5 Å². The molecule has 1 heterocycles. The Balaban J connectivity index is 1.66. The molecule has 3 rings (SSSR count). The summed E-state index contributed by atoms with van der Waals surface area (Å²) >= 11 is 0. The average molecular weight is 375 g/mol. The van der Waals surface area contributed by atoms with Crippen molar-refractivity contribution in [3.05, 3.63) is 65.2 Å². The predicted octanol–water partition coefficient (Wildman–Crippen LogP) is 3.91. The Labute approximate surface area is 166 Å². The Kier molecular flexibility index (Phi) is 5.79. The zero-order chi connectivity index (χ0) is 20.3. The van der Waals surface area contributed by atoms with Crippen LogP contribution >= 0.6 is 0 Å². The first-order valence-electron chi connectivity index (χ1n) is 9.59. The van der Waals surface area contributed by atoms with Crippen LogP contribution in [-0.2, 0) is 9.59 Å². The second-order valence-electron chi connectivity index (χ2n) is 7.62. The van der Waals surface area contributed by atoms with Crippen molar-refractivity contribution in [2.75, 3.05) is 11.4 Å². The van der Waals surface area contributed by atoms with E-state index in [1.165, 1.54) is 5.56 Å². The van der Waals surface area contributed by atoms with E-state index < -0.39 is 0 Å². The molecular weight excluding hydrogens is 350 g/mol. The van der Waals surface area contributed by atoms with E-state index >= 15 is 0 Å². The second-order valence-corrected chi connectivity index (χ2v) is 7.62. The molecule has 1 aliphatic rings. The van der Waals surface area contributed by atoms with Crippen molar-refractivity contribution < 1.29 is 9.59 Å². The molecule has 1 saturated heterocycles. The van der Waals surface area contributed by atoms with Crippen molar-refractivity contribution in [3.8, 4) is 6.07 Å². The number of amides is 2. The fraction of sp³-hybridized carbons (Fsp3) is 0.348. The highest BCUT2D eigenvalue weighted by molar-refractivity contribution is 6.00. The summed E-state index contributed by atoms with van der Waals surface area (Å²) in [5.74, 6) is -0.124. The van der Waals surface area contributed by atoms with Crippen LogP contribution < -0.4 is 10.2 Å². The third-order valence-corrected chi connectivity index (χ3v) is 5.24. The summed E-state index contributed by atoms with van der Waals surface area (Å²) in [6.07, 6.45) is 0.220. The number of nitrogens with one attached hydrogen (secondary N) is 1. The molecule has 0 bridgehead atoms. The number of hydrogen-bond acceptors (Lipinski definition) is 3. The molecule has 28 heavy (non-hydrogen) atoms. The van der Waals surface area contributed by atoms with Gasteiger partial charge in [0.2, 0.25) is 11.8 Å². The maximum absolute atomic E-state index is 12.7. The van der Waals surface area contributed by atoms with E-state index in [9.17, 15) is 9.59 Å². The van der Waals surface area contributed by atoms with E-state index in [4.69, 9.17) is 5.26 Å². The number of nitriles is 1. The standard InChI is InChI=1S/C23H25N3O2/c1-15(2)19-5-4-6-21(11-19)26-14-20(12-22(26)27)23(28)25-16(3)18-9-7-17(13-24)8-10-18/h4-11,15-16,20H,12,14H2,1-3H3,(H,25,28)/t16-,20+/m1/s1. The Morgan fingerprint density at radius 1 is 1.14 bits per heavy atom. The molecule has 0 spiro atoms. The molecule has 2 aromatic rings. The fourth-order valence-electron chi connectivity index (χ4n) is 3.45. The highest BCUT2D eigenvalue weighted by Gasteiger charge is 2.35. The number of nitrogens with zero attached hydrogens (tertiary/aromatic N) is 2. The Bertz CT molecular complexity index is 912. The van der Waals surface area contributed by atoms with E-state index in [-0.39, 0.29) is 30.2 Å². The van der Waals surface area contributed by atoms with E-state index in [2.05, 4.69) is 31.3 Å². The molecule has 2 atom stereocenters. The van der Waals surface area contributed by atoms with Crippen LogP contribution in [0, 0.1) is 17.2 Å². The van der Waals surface area contributed by atoms with Gasteiger partial charge in [-0.25, -0.2) is 0 Å². The molecule has 0 saturated carbocycles. The summed E-state index contributed by atoms with van der Waals surface area (Å²) in [6.45, 7) is 6.53. The molecule has 0 radical (unpaired) electrons. The zero-order valence-corrected chi connectivity index (χ0v) is 16.5. The van der Waals surface area contributed by atoms with Gasteiger partial charge in [0.05, 0.1) is 23.6 Å². The van der Waals surface area contributed by atoms with Gasteiger partial charge in [0.1, 0.15) is 0 Å². The van der Waals surface area contributed by atoms with Gasteiger partial charge in [-0.3, -0.25) is 9.59 Å². The minimum Gasteiger partial charge on any atom is -0.349 e. The predicted molar refractivity (Wildman–Crippen MR) is 109 cm³/mol. The van der Waals surface area contributed by atoms with Crippen LogP contribution in [0.2, 0.25) is 0 Å². The van der Waals surface area contributed by atoms with Crippen LogP contribution in [-0.4, -0.2) is 18.4 Å². The van der Waals surface area contributed by atoms with Crippen molar-refractivity contribution in [2.45, 2.75) is 39.2 Å². The molecule has 0 unspecified atom stereocenters. The van der Waals surface area contributed by atoms with Crippen molar-refractivity contribution in [1.29, 1.82) is 5.26 Å². The number of carbonyl (C=O) groups excluding carboxylic acids is 2. The summed E-state index contributed by atoms with van der Waals surface area (Å²) in [5, 5.41) is 11.9. The highest BCUT2D eigenvalue weighted by Crippen LogP contribution is 2.28. The summed E-state index contributed by atoms with van der Waals surface area (Å²) < 4.78 is 0. The van der Waals surface area contributed by atoms with Gasteiger partial charge in [-0.15, -0.1) is 0 Å². The number of hydrogen-bond donors (Lipinski definition) is 1. The second kappa shape index (κ2) is 8.26. The lowest BCUT2D eigenvalue weighted by Gasteiger charge is -2.20. The van der Waals surface area contributed by atoms with Crippen LogP contribution in [0.1, 0.15) is 55.8 Å². The highest BCUT2D eigenvalue weighted by atomic mass is 16.2. The topological polar surface area (TPSA) is 73.2 Å². The molecule has 0 aromatic heterocycles. The number of benzene rings is 2. The zero-order valence-electron chi connectivity index (χ0n) is 16.5. The number of carbonyl (C=O) groups is 2. The molecular formula is C23H25N3O2. The third kappa shape index (κ3) is 4.23. The summed E-state index contributed by atoms with van der Waals surface area (Å²) in [7, 11) is 0. The van der Waals surface area contributed by atoms with E-state index in [1.54, 1.807) is 17.0 Å². The molecule has 5 nitrogen and oxygen atoms in total. The molecule has 2 aromatic carbocycles. The van der Waals surface area contributed by atoms with Crippen molar-refractivity contribution in [2.24, 2.45) is 5.92 Å². The van der Waals surface area contributed by atoms with Crippen LogP contribution in [0.25, 0.3) is 0 Å².